The average molecular weight is 232 g/mol. The lowest BCUT2D eigenvalue weighted by Gasteiger charge is -2.34. The topological polar surface area (TPSA) is 58.1 Å². The number of anilines is 2. The third-order valence-corrected chi connectivity index (χ3v) is 3.64. The van der Waals surface area contributed by atoms with Crippen LogP contribution in [0.15, 0.2) is 12.5 Å². The Balaban J connectivity index is 1.92. The summed E-state index contributed by atoms with van der Waals surface area (Å²) >= 11 is 0. The Morgan fingerprint density at radius 2 is 2.18 bits per heavy atom. The maximum absolute atomic E-state index is 11.2. The van der Waals surface area contributed by atoms with Crippen LogP contribution in [-0.2, 0) is 4.79 Å². The van der Waals surface area contributed by atoms with Crippen molar-refractivity contribution in [3.05, 3.63) is 12.5 Å². The highest BCUT2D eigenvalue weighted by molar-refractivity contribution is 5.81. The molecule has 5 nitrogen and oxygen atoms in total. The summed E-state index contributed by atoms with van der Waals surface area (Å²) in [5, 5.41) is 3.16. The number of carbonyl (C=O) groups is 1. The fraction of sp³-hybridized carbons (Fsp3) is 0.583. The van der Waals surface area contributed by atoms with Crippen LogP contribution in [0.4, 0.5) is 11.5 Å². The maximum atomic E-state index is 11.2. The zero-order valence-electron chi connectivity index (χ0n) is 9.67. The van der Waals surface area contributed by atoms with Crippen molar-refractivity contribution in [1.82, 2.24) is 9.97 Å². The van der Waals surface area contributed by atoms with Gasteiger partial charge in [0.2, 0.25) is 0 Å². The highest BCUT2D eigenvalue weighted by Crippen LogP contribution is 2.36. The molecule has 1 N–H and O–H groups in total. The molecule has 2 heterocycles. The van der Waals surface area contributed by atoms with E-state index in [4.69, 9.17) is 0 Å². The number of aromatic nitrogens is 2. The number of nitrogens with one attached hydrogen (secondary N) is 1. The molecule has 0 bridgehead atoms. The molecular formula is C12H16N4O. The highest BCUT2D eigenvalue weighted by Gasteiger charge is 2.35. The Morgan fingerprint density at radius 1 is 1.35 bits per heavy atom. The Labute approximate surface area is 100 Å². The number of carbonyl (C=O) groups excluding carboxylic acids is 1. The van der Waals surface area contributed by atoms with Gasteiger partial charge in [-0.3, -0.25) is 4.79 Å². The lowest BCUT2D eigenvalue weighted by Crippen LogP contribution is -2.45. The molecule has 1 aliphatic carbocycles. The molecule has 90 valence electrons. The van der Waals surface area contributed by atoms with Crippen LogP contribution >= 0.6 is 0 Å². The standard InChI is InChI=1S/C12H16N4O/c17-7-11-15-10-6-13-8-14-12(10)16(11)9-4-2-1-3-5-9/h6-9,11,15H,1-5H2. The Kier molecular flexibility index (Phi) is 2.66. The van der Waals surface area contributed by atoms with Crippen molar-refractivity contribution in [2.24, 2.45) is 0 Å². The van der Waals surface area contributed by atoms with Crippen LogP contribution in [0, 0.1) is 0 Å². The van der Waals surface area contributed by atoms with Crippen LogP contribution in [0.2, 0.25) is 0 Å². The van der Waals surface area contributed by atoms with E-state index in [1.165, 1.54) is 19.3 Å². The van der Waals surface area contributed by atoms with Crippen molar-refractivity contribution >= 4 is 17.8 Å². The minimum Gasteiger partial charge on any atom is -0.355 e. The summed E-state index contributed by atoms with van der Waals surface area (Å²) in [6.45, 7) is 0. The Bertz CT molecular complexity index is 417. The van der Waals surface area contributed by atoms with E-state index >= 15 is 0 Å². The quantitative estimate of drug-likeness (QED) is 0.784. The van der Waals surface area contributed by atoms with Gasteiger partial charge in [0.15, 0.2) is 18.3 Å². The molecule has 0 aromatic carbocycles. The molecule has 2 aliphatic rings. The molecule has 1 atom stereocenters. The molecule has 1 aromatic heterocycles. The van der Waals surface area contributed by atoms with Crippen molar-refractivity contribution < 1.29 is 4.79 Å². The second kappa shape index (κ2) is 4.31. The fourth-order valence-corrected chi connectivity index (χ4v) is 2.85. The van der Waals surface area contributed by atoms with E-state index in [2.05, 4.69) is 20.2 Å². The second-order valence-corrected chi connectivity index (χ2v) is 4.68. The van der Waals surface area contributed by atoms with Crippen LogP contribution in [-0.4, -0.2) is 28.5 Å². The van der Waals surface area contributed by atoms with Gasteiger partial charge in [-0.1, -0.05) is 19.3 Å². The molecule has 1 aromatic rings. The van der Waals surface area contributed by atoms with Gasteiger partial charge >= 0.3 is 0 Å². The number of hydrogen-bond donors (Lipinski definition) is 1. The van der Waals surface area contributed by atoms with Crippen molar-refractivity contribution in [3.63, 3.8) is 0 Å². The number of hydrogen-bond acceptors (Lipinski definition) is 5. The largest absolute Gasteiger partial charge is 0.355 e. The maximum Gasteiger partial charge on any atom is 0.162 e. The van der Waals surface area contributed by atoms with Crippen molar-refractivity contribution in [2.75, 3.05) is 10.2 Å². The molecule has 5 heteroatoms. The lowest BCUT2D eigenvalue weighted by molar-refractivity contribution is -0.108. The monoisotopic (exact) mass is 232 g/mol. The molecule has 0 saturated heterocycles. The van der Waals surface area contributed by atoms with Gasteiger partial charge in [0, 0.05) is 6.04 Å². The summed E-state index contributed by atoms with van der Waals surface area (Å²) in [5.74, 6) is 0.879. The van der Waals surface area contributed by atoms with E-state index in [1.54, 1.807) is 12.5 Å². The van der Waals surface area contributed by atoms with Gasteiger partial charge in [-0.15, -0.1) is 0 Å². The van der Waals surface area contributed by atoms with Crippen molar-refractivity contribution in [2.45, 2.75) is 44.3 Å². The van der Waals surface area contributed by atoms with Crippen LogP contribution in [0.1, 0.15) is 32.1 Å². The summed E-state index contributed by atoms with van der Waals surface area (Å²) in [4.78, 5) is 21.6. The fourth-order valence-electron chi connectivity index (χ4n) is 2.85. The minimum absolute atomic E-state index is 0.273. The molecule has 17 heavy (non-hydrogen) atoms. The van der Waals surface area contributed by atoms with Gasteiger partial charge in [-0.05, 0) is 12.8 Å². The summed E-state index contributed by atoms with van der Waals surface area (Å²) < 4.78 is 0. The third kappa shape index (κ3) is 1.75. The molecule has 1 saturated carbocycles. The molecule has 0 radical (unpaired) electrons. The van der Waals surface area contributed by atoms with Gasteiger partial charge in [-0.2, -0.15) is 0 Å². The zero-order valence-corrected chi connectivity index (χ0v) is 9.67. The van der Waals surface area contributed by atoms with Crippen LogP contribution in [0.5, 0.6) is 0 Å². The SMILES string of the molecule is O=CC1Nc2cncnc2N1C1CCCCC1. The Hall–Kier alpha value is -1.65. The van der Waals surface area contributed by atoms with Crippen molar-refractivity contribution in [3.8, 4) is 0 Å². The number of aldehydes is 1. The molecule has 1 unspecified atom stereocenters. The smallest absolute Gasteiger partial charge is 0.162 e. The van der Waals surface area contributed by atoms with Crippen LogP contribution in [0.3, 0.4) is 0 Å². The van der Waals surface area contributed by atoms with E-state index in [0.717, 1.165) is 30.6 Å². The Morgan fingerprint density at radius 3 is 2.94 bits per heavy atom. The number of nitrogens with zero attached hydrogens (tertiary/aromatic N) is 3. The van der Waals surface area contributed by atoms with Crippen LogP contribution < -0.4 is 10.2 Å². The summed E-state index contributed by atoms with van der Waals surface area (Å²) in [6, 6.07) is 0.433. The second-order valence-electron chi connectivity index (χ2n) is 4.68. The molecule has 1 fully saturated rings. The van der Waals surface area contributed by atoms with Crippen LogP contribution in [0.25, 0.3) is 0 Å². The van der Waals surface area contributed by atoms with E-state index in [1.807, 2.05) is 0 Å². The minimum atomic E-state index is -0.273. The predicted molar refractivity (Wildman–Crippen MR) is 64.9 cm³/mol. The van der Waals surface area contributed by atoms with Crippen molar-refractivity contribution in [1.29, 1.82) is 0 Å². The predicted octanol–water partition coefficient (Wildman–Crippen LogP) is 1.57. The van der Waals surface area contributed by atoms with Gasteiger partial charge in [-0.25, -0.2) is 9.97 Å². The molecule has 0 spiro atoms. The number of fused-ring (bicyclic) bond motifs is 1. The van der Waals surface area contributed by atoms with Gasteiger partial charge < -0.3 is 10.2 Å². The summed E-state index contributed by atoms with van der Waals surface area (Å²) in [5.41, 5.74) is 0.871. The normalized spacial score (nSPS) is 24.2. The van der Waals surface area contributed by atoms with Gasteiger partial charge in [0.1, 0.15) is 6.33 Å². The van der Waals surface area contributed by atoms with E-state index in [9.17, 15) is 4.79 Å². The highest BCUT2D eigenvalue weighted by atomic mass is 16.1. The van der Waals surface area contributed by atoms with E-state index in [-0.39, 0.29) is 6.17 Å². The van der Waals surface area contributed by atoms with E-state index in [0.29, 0.717) is 6.04 Å². The first-order chi connectivity index (χ1) is 8.40. The molecule has 3 rings (SSSR count). The van der Waals surface area contributed by atoms with E-state index < -0.39 is 0 Å². The first-order valence-corrected chi connectivity index (χ1v) is 6.20. The summed E-state index contributed by atoms with van der Waals surface area (Å²) in [6.07, 6.45) is 10.1. The molecule has 0 amide bonds. The molecule has 1 aliphatic heterocycles. The zero-order chi connectivity index (χ0) is 11.7. The van der Waals surface area contributed by atoms with Gasteiger partial charge in [0.25, 0.3) is 0 Å². The summed E-state index contributed by atoms with van der Waals surface area (Å²) in [7, 11) is 0. The average Bonchev–Trinajstić information content (AvgIpc) is 2.78. The number of rotatable bonds is 2. The first kappa shape index (κ1) is 10.5. The lowest BCUT2D eigenvalue weighted by atomic mass is 9.94. The van der Waals surface area contributed by atoms with Gasteiger partial charge in [0.05, 0.1) is 11.9 Å². The first-order valence-electron chi connectivity index (χ1n) is 6.20. The third-order valence-electron chi connectivity index (χ3n) is 3.64. The molecular weight excluding hydrogens is 216 g/mol.